The summed E-state index contributed by atoms with van der Waals surface area (Å²) in [6, 6.07) is 0. The fourth-order valence-corrected chi connectivity index (χ4v) is 1.66. The Kier molecular flexibility index (Phi) is 6.50. The van der Waals surface area contributed by atoms with E-state index in [1.165, 1.54) is 0 Å². The summed E-state index contributed by atoms with van der Waals surface area (Å²) in [6.07, 6.45) is 0. The number of alkyl halides is 1. The summed E-state index contributed by atoms with van der Waals surface area (Å²) in [7, 11) is 0. The van der Waals surface area contributed by atoms with Crippen molar-refractivity contribution in [2.24, 2.45) is 0 Å². The van der Waals surface area contributed by atoms with Crippen molar-refractivity contribution in [1.29, 1.82) is 0 Å². The van der Waals surface area contributed by atoms with E-state index in [1.807, 2.05) is 25.6 Å². The van der Waals surface area contributed by atoms with Crippen molar-refractivity contribution in [1.82, 2.24) is 5.32 Å². The van der Waals surface area contributed by atoms with Gasteiger partial charge in [0.2, 0.25) is 0 Å². The lowest BCUT2D eigenvalue weighted by molar-refractivity contribution is 0.873. The minimum Gasteiger partial charge on any atom is -0.306 e. The van der Waals surface area contributed by atoms with E-state index >= 15 is 0 Å². The van der Waals surface area contributed by atoms with E-state index in [0.29, 0.717) is 4.16 Å². The first kappa shape index (κ1) is 8.79. The van der Waals surface area contributed by atoms with Crippen LogP contribution < -0.4 is 5.32 Å². The van der Waals surface area contributed by atoms with Crippen LogP contribution in [0.3, 0.4) is 0 Å². The van der Waals surface area contributed by atoms with E-state index in [4.69, 9.17) is 0 Å². The van der Waals surface area contributed by atoms with Crippen molar-refractivity contribution in [2.45, 2.75) is 18.0 Å². The van der Waals surface area contributed by atoms with E-state index in [-0.39, 0.29) is 0 Å². The topological polar surface area (TPSA) is 12.0 Å². The van der Waals surface area contributed by atoms with Crippen molar-refractivity contribution in [2.75, 3.05) is 12.4 Å². The molecule has 0 aromatic heterocycles. The highest BCUT2D eigenvalue weighted by molar-refractivity contribution is 9.11. The normalized spacial score (nSPS) is 26.6. The Hall–Kier alpha value is 0.790. The van der Waals surface area contributed by atoms with E-state index < -0.39 is 0 Å². The van der Waals surface area contributed by atoms with Crippen molar-refractivity contribution in [3.8, 4) is 0 Å². The van der Waals surface area contributed by atoms with Crippen LogP contribution in [0.15, 0.2) is 0 Å². The molecule has 8 heavy (non-hydrogen) atoms. The van der Waals surface area contributed by atoms with Crippen LogP contribution in [-0.4, -0.2) is 16.6 Å². The first-order valence-electron chi connectivity index (χ1n) is 2.86. The highest BCUT2D eigenvalue weighted by Crippen LogP contribution is 2.19. The number of halogens is 1. The number of nitrogens with one attached hydrogen (secondary N) is 1. The number of hydrogen-bond acceptors (Lipinski definition) is 2. The number of thioether (sulfide) groups is 1. The third-order valence-corrected chi connectivity index (χ3v) is 2.69. The van der Waals surface area contributed by atoms with Crippen molar-refractivity contribution >= 4 is 27.7 Å². The monoisotopic (exact) mass is 197 g/mol. The molecule has 0 spiro atoms. The van der Waals surface area contributed by atoms with Crippen LogP contribution in [-0.2, 0) is 0 Å². The Morgan fingerprint density at radius 3 is 2.38 bits per heavy atom. The maximum atomic E-state index is 3.44. The highest BCUT2D eigenvalue weighted by Gasteiger charge is 2.08. The quantitative estimate of drug-likeness (QED) is 0.597. The molecule has 50 valence electrons. The molecular weight excluding hydrogens is 186 g/mol. The molecule has 1 aliphatic rings. The Morgan fingerprint density at radius 1 is 1.62 bits per heavy atom. The largest absolute Gasteiger partial charge is 0.306 e. The smallest absolute Gasteiger partial charge is 0.0737 e. The second kappa shape index (κ2) is 5.92. The summed E-state index contributed by atoms with van der Waals surface area (Å²) in [6.45, 7) is 5.12. The molecular formula is C5H12BrNS. The van der Waals surface area contributed by atoms with Crippen LogP contribution >= 0.6 is 27.7 Å². The molecule has 1 heterocycles. The highest BCUT2D eigenvalue weighted by atomic mass is 79.9. The van der Waals surface area contributed by atoms with Crippen molar-refractivity contribution in [3.05, 3.63) is 0 Å². The molecule has 0 bridgehead atoms. The van der Waals surface area contributed by atoms with Gasteiger partial charge in [0.25, 0.3) is 0 Å². The molecule has 1 N–H and O–H groups in total. The summed E-state index contributed by atoms with van der Waals surface area (Å²) in [5, 5.41) is 3.19. The van der Waals surface area contributed by atoms with Crippen LogP contribution in [0.25, 0.3) is 0 Å². The summed E-state index contributed by atoms with van der Waals surface area (Å²) in [5.74, 6) is 1.11. The van der Waals surface area contributed by atoms with E-state index in [1.54, 1.807) is 0 Å². The summed E-state index contributed by atoms with van der Waals surface area (Å²) < 4.78 is 0.664. The zero-order chi connectivity index (χ0) is 6.41. The van der Waals surface area contributed by atoms with Gasteiger partial charge in [-0.25, -0.2) is 0 Å². The third-order valence-electron chi connectivity index (χ3n) is 0.671. The number of rotatable bonds is 0. The van der Waals surface area contributed by atoms with Gasteiger partial charge in [0.05, 0.1) is 4.16 Å². The summed E-state index contributed by atoms with van der Waals surface area (Å²) in [5.41, 5.74) is 0. The molecule has 1 saturated heterocycles. The van der Waals surface area contributed by atoms with Crippen LogP contribution in [0.1, 0.15) is 13.8 Å². The average molecular weight is 198 g/mol. The van der Waals surface area contributed by atoms with E-state index in [2.05, 4.69) is 21.2 Å². The molecule has 1 nitrogen and oxygen atoms in total. The van der Waals surface area contributed by atoms with Gasteiger partial charge in [0.15, 0.2) is 0 Å². The van der Waals surface area contributed by atoms with Gasteiger partial charge in [-0.05, 0) is 0 Å². The van der Waals surface area contributed by atoms with Crippen LogP contribution in [0.4, 0.5) is 0 Å². The molecule has 1 rings (SSSR count). The van der Waals surface area contributed by atoms with E-state index in [0.717, 1.165) is 12.4 Å². The van der Waals surface area contributed by atoms with Gasteiger partial charge < -0.3 is 5.32 Å². The molecule has 1 fully saturated rings. The van der Waals surface area contributed by atoms with Crippen LogP contribution in [0.5, 0.6) is 0 Å². The van der Waals surface area contributed by atoms with Gasteiger partial charge in [-0.2, -0.15) is 0 Å². The molecule has 0 aliphatic carbocycles. The minimum absolute atomic E-state index is 0.664. The molecule has 0 aromatic carbocycles. The molecule has 1 aliphatic heterocycles. The molecule has 1 atom stereocenters. The Bertz CT molecular complexity index is 45.7. The molecule has 1 unspecified atom stereocenters. The first-order valence-corrected chi connectivity index (χ1v) is 4.82. The van der Waals surface area contributed by atoms with Crippen LogP contribution in [0.2, 0.25) is 0 Å². The SMILES string of the molecule is BrC1CNCS1.CC. The van der Waals surface area contributed by atoms with Crippen molar-refractivity contribution in [3.63, 3.8) is 0 Å². The zero-order valence-corrected chi connectivity index (χ0v) is 7.68. The second-order valence-corrected chi connectivity index (χ2v) is 4.08. The third kappa shape index (κ3) is 3.75. The molecule has 0 saturated carbocycles. The lowest BCUT2D eigenvalue weighted by Gasteiger charge is -1.87. The fourth-order valence-electron chi connectivity index (χ4n) is 0.381. The standard InChI is InChI=1S/C3H6BrNS.C2H6/c4-3-1-5-2-6-3;1-2/h3,5H,1-2H2;1-2H3. The van der Waals surface area contributed by atoms with Crippen LogP contribution in [0, 0.1) is 0 Å². The predicted molar refractivity (Wildman–Crippen MR) is 44.5 cm³/mol. The Morgan fingerprint density at radius 2 is 2.25 bits per heavy atom. The fraction of sp³-hybridized carbons (Fsp3) is 1.00. The maximum Gasteiger partial charge on any atom is 0.0737 e. The zero-order valence-electron chi connectivity index (χ0n) is 5.28. The molecule has 0 radical (unpaired) electrons. The summed E-state index contributed by atoms with van der Waals surface area (Å²) in [4.78, 5) is 0. The predicted octanol–water partition coefficient (Wildman–Crippen LogP) is 2.03. The second-order valence-electron chi connectivity index (χ2n) is 1.18. The minimum atomic E-state index is 0.664. The van der Waals surface area contributed by atoms with Gasteiger partial charge in [0, 0.05) is 12.4 Å². The first-order chi connectivity index (χ1) is 3.89. The molecule has 3 heteroatoms. The Balaban J connectivity index is 0.000000222. The Labute approximate surface area is 63.7 Å². The molecule has 0 amide bonds. The van der Waals surface area contributed by atoms with Gasteiger partial charge in [-0.15, -0.1) is 11.8 Å². The average Bonchev–Trinajstić information content (AvgIpc) is 2.24. The van der Waals surface area contributed by atoms with Gasteiger partial charge in [-0.3, -0.25) is 0 Å². The van der Waals surface area contributed by atoms with Gasteiger partial charge in [-0.1, -0.05) is 29.8 Å². The summed E-state index contributed by atoms with van der Waals surface area (Å²) >= 11 is 5.34. The van der Waals surface area contributed by atoms with Gasteiger partial charge in [0.1, 0.15) is 0 Å². The lowest BCUT2D eigenvalue weighted by atomic mass is 10.8. The lowest BCUT2D eigenvalue weighted by Crippen LogP contribution is -2.07. The van der Waals surface area contributed by atoms with E-state index in [9.17, 15) is 0 Å². The van der Waals surface area contributed by atoms with Crippen molar-refractivity contribution < 1.29 is 0 Å². The molecule has 0 aromatic rings. The maximum absolute atomic E-state index is 3.44. The number of hydrogen-bond donors (Lipinski definition) is 1. The van der Waals surface area contributed by atoms with Gasteiger partial charge >= 0.3 is 0 Å².